The summed E-state index contributed by atoms with van der Waals surface area (Å²) in [6.07, 6.45) is 0.643. The second-order valence-corrected chi connectivity index (χ2v) is 3.90. The maximum absolute atomic E-state index is 11.0. The minimum Gasteiger partial charge on any atom is -0.458 e. The molecule has 0 spiro atoms. The third-order valence-electron chi connectivity index (χ3n) is 2.41. The Morgan fingerprint density at radius 2 is 2.00 bits per heavy atom. The fourth-order valence-corrected chi connectivity index (χ4v) is 1.55. The summed E-state index contributed by atoms with van der Waals surface area (Å²) < 4.78 is 5.30. The quantitative estimate of drug-likeness (QED) is 0.775. The highest BCUT2D eigenvalue weighted by molar-refractivity contribution is 5.66. The predicted octanol–water partition coefficient (Wildman–Crippen LogP) is 2.21. The van der Waals surface area contributed by atoms with Crippen LogP contribution in [-0.2, 0) is 9.53 Å². The number of carbonyl (C=O) groups is 1. The van der Waals surface area contributed by atoms with Gasteiger partial charge in [-0.05, 0) is 26.1 Å². The Morgan fingerprint density at radius 3 is 2.50 bits per heavy atom. The van der Waals surface area contributed by atoms with Crippen LogP contribution in [0.4, 0.5) is 0 Å². The number of ether oxygens (including phenoxy) is 1. The molecule has 88 valence electrons. The lowest BCUT2D eigenvalue weighted by atomic mass is 10.0. The molecule has 1 aromatic carbocycles. The van der Waals surface area contributed by atoms with E-state index in [9.17, 15) is 4.79 Å². The minimum atomic E-state index is -0.235. The molecule has 3 heteroatoms. The van der Waals surface area contributed by atoms with Gasteiger partial charge in [-0.15, -0.1) is 0 Å². The number of hydrogen-bond donors (Lipinski definition) is 1. The molecule has 1 atom stereocenters. The first-order valence-corrected chi connectivity index (χ1v) is 5.52. The van der Waals surface area contributed by atoms with Crippen molar-refractivity contribution in [2.24, 2.45) is 0 Å². The van der Waals surface area contributed by atoms with E-state index in [-0.39, 0.29) is 12.1 Å². The topological polar surface area (TPSA) is 38.3 Å². The van der Waals surface area contributed by atoms with Crippen LogP contribution in [0.5, 0.6) is 0 Å². The molecule has 0 aliphatic heterocycles. The van der Waals surface area contributed by atoms with E-state index in [4.69, 9.17) is 4.74 Å². The molecular weight excluding hydrogens is 202 g/mol. The lowest BCUT2D eigenvalue weighted by Crippen LogP contribution is -2.16. The first-order valence-electron chi connectivity index (χ1n) is 5.52. The first kappa shape index (κ1) is 12.7. The summed E-state index contributed by atoms with van der Waals surface area (Å²) in [5.41, 5.74) is 2.26. The van der Waals surface area contributed by atoms with E-state index in [1.54, 1.807) is 0 Å². The first-order chi connectivity index (χ1) is 7.63. The summed E-state index contributed by atoms with van der Waals surface area (Å²) in [7, 11) is 1.89. The maximum Gasteiger partial charge on any atom is 0.303 e. The van der Waals surface area contributed by atoms with Gasteiger partial charge in [-0.1, -0.05) is 29.8 Å². The third-order valence-corrected chi connectivity index (χ3v) is 2.41. The van der Waals surface area contributed by atoms with Crippen LogP contribution in [0.25, 0.3) is 0 Å². The van der Waals surface area contributed by atoms with Crippen LogP contribution in [0.1, 0.15) is 30.6 Å². The summed E-state index contributed by atoms with van der Waals surface area (Å²) in [6, 6.07) is 8.09. The molecule has 1 rings (SSSR count). The van der Waals surface area contributed by atoms with Gasteiger partial charge in [-0.25, -0.2) is 0 Å². The molecule has 0 aliphatic rings. The van der Waals surface area contributed by atoms with E-state index < -0.39 is 0 Å². The van der Waals surface area contributed by atoms with Gasteiger partial charge in [0, 0.05) is 13.3 Å². The van der Waals surface area contributed by atoms with Crippen molar-refractivity contribution >= 4 is 5.97 Å². The SMILES string of the molecule is CNCCC(OC(C)=O)c1ccc(C)cc1. The van der Waals surface area contributed by atoms with Gasteiger partial charge >= 0.3 is 5.97 Å². The molecule has 0 aliphatic carbocycles. The fourth-order valence-electron chi connectivity index (χ4n) is 1.55. The Kier molecular flexibility index (Phi) is 4.99. The van der Waals surface area contributed by atoms with Crippen LogP contribution in [0, 0.1) is 6.92 Å². The normalized spacial score (nSPS) is 12.2. The molecule has 3 nitrogen and oxygen atoms in total. The van der Waals surface area contributed by atoms with Gasteiger partial charge < -0.3 is 10.1 Å². The van der Waals surface area contributed by atoms with Crippen LogP contribution >= 0.6 is 0 Å². The van der Waals surface area contributed by atoms with Crippen LogP contribution in [0.15, 0.2) is 24.3 Å². The Balaban J connectivity index is 2.74. The zero-order valence-electron chi connectivity index (χ0n) is 10.1. The van der Waals surface area contributed by atoms with Crippen LogP contribution in [0.3, 0.4) is 0 Å². The Hall–Kier alpha value is -1.35. The van der Waals surface area contributed by atoms with Crippen molar-refractivity contribution in [3.8, 4) is 0 Å². The van der Waals surface area contributed by atoms with Crippen molar-refractivity contribution in [1.82, 2.24) is 5.32 Å². The van der Waals surface area contributed by atoms with Crippen molar-refractivity contribution in [2.45, 2.75) is 26.4 Å². The number of nitrogens with one attached hydrogen (secondary N) is 1. The minimum absolute atomic E-state index is 0.148. The molecule has 0 fully saturated rings. The lowest BCUT2D eigenvalue weighted by Gasteiger charge is -2.17. The van der Waals surface area contributed by atoms with Crippen LogP contribution in [-0.4, -0.2) is 19.6 Å². The van der Waals surface area contributed by atoms with Crippen molar-refractivity contribution in [3.05, 3.63) is 35.4 Å². The molecule has 0 bridgehead atoms. The zero-order valence-corrected chi connectivity index (χ0v) is 10.1. The number of esters is 1. The number of aryl methyl sites for hydroxylation is 1. The number of hydrogen-bond acceptors (Lipinski definition) is 3. The standard InChI is InChI=1S/C13H19NO2/c1-10-4-6-12(7-5-10)13(8-9-14-3)16-11(2)15/h4-7,13-14H,8-9H2,1-3H3. The predicted molar refractivity (Wildman–Crippen MR) is 64.2 cm³/mol. The summed E-state index contributed by atoms with van der Waals surface area (Å²) >= 11 is 0. The van der Waals surface area contributed by atoms with E-state index >= 15 is 0 Å². The van der Waals surface area contributed by atoms with Crippen LogP contribution < -0.4 is 5.32 Å². The highest BCUT2D eigenvalue weighted by atomic mass is 16.5. The molecule has 1 N–H and O–H groups in total. The number of carbonyl (C=O) groups excluding carboxylic acids is 1. The summed E-state index contributed by atoms with van der Waals surface area (Å²) in [4.78, 5) is 11.0. The molecule has 0 saturated heterocycles. The molecule has 0 aromatic heterocycles. The van der Waals surface area contributed by atoms with Gasteiger partial charge in [0.15, 0.2) is 0 Å². The Labute approximate surface area is 96.8 Å². The molecule has 0 amide bonds. The summed E-state index contributed by atoms with van der Waals surface area (Å²) in [6.45, 7) is 4.31. The number of benzene rings is 1. The summed E-state index contributed by atoms with van der Waals surface area (Å²) in [5.74, 6) is -0.235. The Bertz CT molecular complexity index is 332. The monoisotopic (exact) mass is 221 g/mol. The molecule has 1 unspecified atom stereocenters. The summed E-state index contributed by atoms with van der Waals surface area (Å²) in [5, 5.41) is 3.06. The average molecular weight is 221 g/mol. The van der Waals surface area contributed by atoms with E-state index in [0.717, 1.165) is 18.5 Å². The van der Waals surface area contributed by atoms with Gasteiger partial charge in [-0.3, -0.25) is 4.79 Å². The van der Waals surface area contributed by atoms with Crippen molar-refractivity contribution < 1.29 is 9.53 Å². The molecular formula is C13H19NO2. The second kappa shape index (κ2) is 6.28. The molecule has 0 radical (unpaired) electrons. The lowest BCUT2D eigenvalue weighted by molar-refractivity contribution is -0.147. The van der Waals surface area contributed by atoms with Crippen molar-refractivity contribution in [1.29, 1.82) is 0 Å². The largest absolute Gasteiger partial charge is 0.458 e. The molecule has 16 heavy (non-hydrogen) atoms. The van der Waals surface area contributed by atoms with E-state index in [0.29, 0.717) is 0 Å². The fraction of sp³-hybridized carbons (Fsp3) is 0.462. The van der Waals surface area contributed by atoms with Gasteiger partial charge in [0.2, 0.25) is 0 Å². The molecule has 0 heterocycles. The Morgan fingerprint density at radius 1 is 1.38 bits per heavy atom. The smallest absolute Gasteiger partial charge is 0.303 e. The zero-order chi connectivity index (χ0) is 12.0. The van der Waals surface area contributed by atoms with Gasteiger partial charge in [0.25, 0.3) is 0 Å². The van der Waals surface area contributed by atoms with Gasteiger partial charge in [0.05, 0.1) is 0 Å². The number of rotatable bonds is 5. The molecule has 1 aromatic rings. The molecule has 0 saturated carbocycles. The second-order valence-electron chi connectivity index (χ2n) is 3.90. The van der Waals surface area contributed by atoms with Gasteiger partial charge in [0.1, 0.15) is 6.10 Å². The van der Waals surface area contributed by atoms with E-state index in [1.165, 1.54) is 12.5 Å². The highest BCUT2D eigenvalue weighted by Crippen LogP contribution is 2.21. The van der Waals surface area contributed by atoms with Crippen molar-refractivity contribution in [3.63, 3.8) is 0 Å². The van der Waals surface area contributed by atoms with Crippen molar-refractivity contribution in [2.75, 3.05) is 13.6 Å². The highest BCUT2D eigenvalue weighted by Gasteiger charge is 2.13. The average Bonchev–Trinajstić information content (AvgIpc) is 2.25. The van der Waals surface area contributed by atoms with Gasteiger partial charge in [-0.2, -0.15) is 0 Å². The third kappa shape index (κ3) is 4.03. The van der Waals surface area contributed by atoms with E-state index in [1.807, 2.05) is 38.2 Å². The maximum atomic E-state index is 11.0. The van der Waals surface area contributed by atoms with Crippen LogP contribution in [0.2, 0.25) is 0 Å². The van der Waals surface area contributed by atoms with E-state index in [2.05, 4.69) is 5.32 Å².